The van der Waals surface area contributed by atoms with E-state index in [-0.39, 0.29) is 18.3 Å². The minimum atomic E-state index is -2.47. The zero-order valence-corrected chi connectivity index (χ0v) is 13.1. The second-order valence-electron chi connectivity index (χ2n) is 4.76. The summed E-state index contributed by atoms with van der Waals surface area (Å²) in [6, 6.07) is 10.4. The molecule has 2 N–H and O–H groups in total. The van der Waals surface area contributed by atoms with Crippen LogP contribution in [0.15, 0.2) is 47.4 Å². The minimum absolute atomic E-state index is 0.0139. The molecular weight excluding hydrogens is 325 g/mol. The fourth-order valence-electron chi connectivity index (χ4n) is 1.93. The van der Waals surface area contributed by atoms with Crippen molar-refractivity contribution in [3.8, 4) is 0 Å². The van der Waals surface area contributed by atoms with Gasteiger partial charge in [-0.3, -0.25) is 4.79 Å². The standard InChI is InChI=1S/C16H15F3N2OS/c1-10-8-11(17)2-7-14(10)20-9-15(22)21-12-3-5-13(6-4-12)23-16(18)19/h2-8,16,20H,9H2,1H3,(H,21,22). The van der Waals surface area contributed by atoms with Gasteiger partial charge >= 0.3 is 0 Å². The molecular formula is C16H15F3N2OS. The summed E-state index contributed by atoms with van der Waals surface area (Å²) in [5, 5.41) is 5.57. The van der Waals surface area contributed by atoms with Crippen molar-refractivity contribution in [1.82, 2.24) is 0 Å². The number of hydrogen-bond donors (Lipinski definition) is 2. The van der Waals surface area contributed by atoms with E-state index >= 15 is 0 Å². The molecule has 0 atom stereocenters. The first-order valence-electron chi connectivity index (χ1n) is 6.79. The molecule has 0 radical (unpaired) electrons. The Labute approximate surface area is 136 Å². The van der Waals surface area contributed by atoms with Gasteiger partial charge in [0, 0.05) is 16.3 Å². The van der Waals surface area contributed by atoms with E-state index in [0.717, 1.165) is 0 Å². The lowest BCUT2D eigenvalue weighted by Crippen LogP contribution is -2.22. The Hall–Kier alpha value is -2.15. The molecule has 3 nitrogen and oxygen atoms in total. The second-order valence-corrected chi connectivity index (χ2v) is 5.83. The fourth-order valence-corrected chi connectivity index (χ4v) is 2.42. The third-order valence-corrected chi connectivity index (χ3v) is 3.71. The number of aryl methyl sites for hydroxylation is 1. The largest absolute Gasteiger partial charge is 0.376 e. The molecule has 0 bridgehead atoms. The first-order chi connectivity index (χ1) is 10.9. The summed E-state index contributed by atoms with van der Waals surface area (Å²) < 4.78 is 37.4. The monoisotopic (exact) mass is 340 g/mol. The highest BCUT2D eigenvalue weighted by molar-refractivity contribution is 7.99. The van der Waals surface area contributed by atoms with Crippen LogP contribution in [0.3, 0.4) is 0 Å². The number of rotatable bonds is 6. The Bertz CT molecular complexity index is 678. The Kier molecular flexibility index (Phi) is 5.92. The highest BCUT2D eigenvalue weighted by Gasteiger charge is 2.07. The molecule has 7 heteroatoms. The molecule has 0 saturated heterocycles. The van der Waals surface area contributed by atoms with Crippen molar-refractivity contribution < 1.29 is 18.0 Å². The fraction of sp³-hybridized carbons (Fsp3) is 0.188. The number of nitrogens with one attached hydrogen (secondary N) is 2. The molecule has 2 aromatic carbocycles. The first-order valence-corrected chi connectivity index (χ1v) is 7.67. The molecule has 0 aromatic heterocycles. The van der Waals surface area contributed by atoms with Crippen LogP contribution in [0, 0.1) is 12.7 Å². The van der Waals surface area contributed by atoms with Gasteiger partial charge in [0.1, 0.15) is 5.82 Å². The molecule has 23 heavy (non-hydrogen) atoms. The molecule has 122 valence electrons. The summed E-state index contributed by atoms with van der Waals surface area (Å²) >= 11 is 0.447. The van der Waals surface area contributed by atoms with Crippen molar-refractivity contribution in [2.45, 2.75) is 17.6 Å². The molecule has 0 heterocycles. The van der Waals surface area contributed by atoms with Gasteiger partial charge in [-0.1, -0.05) is 11.8 Å². The number of alkyl halides is 2. The lowest BCUT2D eigenvalue weighted by molar-refractivity contribution is -0.114. The van der Waals surface area contributed by atoms with Gasteiger partial charge in [0.2, 0.25) is 5.91 Å². The highest BCUT2D eigenvalue weighted by Crippen LogP contribution is 2.26. The normalized spacial score (nSPS) is 10.7. The number of benzene rings is 2. The van der Waals surface area contributed by atoms with Gasteiger partial charge < -0.3 is 10.6 Å². The average Bonchev–Trinajstić information content (AvgIpc) is 2.48. The summed E-state index contributed by atoms with van der Waals surface area (Å²) in [6.45, 7) is 1.75. The summed E-state index contributed by atoms with van der Waals surface area (Å²) in [5.74, 6) is -3.10. The van der Waals surface area contributed by atoms with Crippen molar-refractivity contribution in [2.24, 2.45) is 0 Å². The Morgan fingerprint density at radius 3 is 2.48 bits per heavy atom. The smallest absolute Gasteiger partial charge is 0.288 e. The number of thioether (sulfide) groups is 1. The van der Waals surface area contributed by atoms with Crippen LogP contribution >= 0.6 is 11.8 Å². The Morgan fingerprint density at radius 1 is 1.17 bits per heavy atom. The van der Waals surface area contributed by atoms with E-state index in [9.17, 15) is 18.0 Å². The molecule has 0 fully saturated rings. The van der Waals surface area contributed by atoms with E-state index in [4.69, 9.17) is 0 Å². The van der Waals surface area contributed by atoms with Crippen LogP contribution in [-0.4, -0.2) is 18.2 Å². The van der Waals surface area contributed by atoms with E-state index < -0.39 is 5.76 Å². The molecule has 0 aliphatic carbocycles. The van der Waals surface area contributed by atoms with E-state index in [0.29, 0.717) is 33.6 Å². The molecule has 0 aliphatic heterocycles. The third-order valence-electron chi connectivity index (χ3n) is 2.99. The molecule has 2 rings (SSSR count). The average molecular weight is 340 g/mol. The lowest BCUT2D eigenvalue weighted by Gasteiger charge is -2.10. The number of amides is 1. The maximum atomic E-state index is 13.0. The van der Waals surface area contributed by atoms with E-state index in [1.807, 2.05) is 0 Å². The minimum Gasteiger partial charge on any atom is -0.376 e. The maximum absolute atomic E-state index is 13.0. The summed E-state index contributed by atoms with van der Waals surface area (Å²) in [6.07, 6.45) is 0. The molecule has 0 saturated carbocycles. The van der Waals surface area contributed by atoms with Gasteiger partial charge in [0.05, 0.1) is 6.54 Å². The molecule has 0 spiro atoms. The molecule has 0 unspecified atom stereocenters. The van der Waals surface area contributed by atoms with Gasteiger partial charge in [-0.2, -0.15) is 8.78 Å². The van der Waals surface area contributed by atoms with Crippen LogP contribution in [0.2, 0.25) is 0 Å². The predicted octanol–water partition coefficient (Wildman–Crippen LogP) is 4.50. The SMILES string of the molecule is Cc1cc(F)ccc1NCC(=O)Nc1ccc(SC(F)F)cc1. The van der Waals surface area contributed by atoms with Gasteiger partial charge in [-0.05, 0) is 55.0 Å². The Balaban J connectivity index is 1.87. The summed E-state index contributed by atoms with van der Waals surface area (Å²) in [4.78, 5) is 12.3. The van der Waals surface area contributed by atoms with Crippen LogP contribution in [0.4, 0.5) is 24.5 Å². The molecule has 0 aliphatic rings. The number of anilines is 2. The number of hydrogen-bond acceptors (Lipinski definition) is 3. The third kappa shape index (κ3) is 5.52. The van der Waals surface area contributed by atoms with Gasteiger partial charge in [0.15, 0.2) is 0 Å². The maximum Gasteiger partial charge on any atom is 0.288 e. The summed E-state index contributed by atoms with van der Waals surface area (Å²) in [7, 11) is 0. The quantitative estimate of drug-likeness (QED) is 0.761. The Morgan fingerprint density at radius 2 is 1.87 bits per heavy atom. The number of halogens is 3. The lowest BCUT2D eigenvalue weighted by atomic mass is 10.2. The van der Waals surface area contributed by atoms with Crippen LogP contribution in [-0.2, 0) is 4.79 Å². The predicted molar refractivity (Wildman–Crippen MR) is 86.6 cm³/mol. The topological polar surface area (TPSA) is 41.1 Å². The van der Waals surface area contributed by atoms with Crippen molar-refractivity contribution in [3.63, 3.8) is 0 Å². The van der Waals surface area contributed by atoms with Gasteiger partial charge in [-0.25, -0.2) is 4.39 Å². The van der Waals surface area contributed by atoms with E-state index in [2.05, 4.69) is 10.6 Å². The summed E-state index contributed by atoms with van der Waals surface area (Å²) in [5.41, 5.74) is 1.89. The zero-order chi connectivity index (χ0) is 16.8. The molecule has 1 amide bonds. The highest BCUT2D eigenvalue weighted by atomic mass is 32.2. The zero-order valence-electron chi connectivity index (χ0n) is 12.3. The van der Waals surface area contributed by atoms with Crippen LogP contribution in [0.25, 0.3) is 0 Å². The van der Waals surface area contributed by atoms with Crippen LogP contribution < -0.4 is 10.6 Å². The van der Waals surface area contributed by atoms with Crippen molar-refractivity contribution in [3.05, 3.63) is 53.8 Å². The van der Waals surface area contributed by atoms with Crippen LogP contribution in [0.5, 0.6) is 0 Å². The van der Waals surface area contributed by atoms with E-state index in [1.165, 1.54) is 24.3 Å². The van der Waals surface area contributed by atoms with Gasteiger partial charge in [0.25, 0.3) is 5.76 Å². The van der Waals surface area contributed by atoms with Crippen LogP contribution in [0.1, 0.15) is 5.56 Å². The van der Waals surface area contributed by atoms with Crippen molar-refractivity contribution in [2.75, 3.05) is 17.2 Å². The number of carbonyl (C=O) groups is 1. The van der Waals surface area contributed by atoms with Crippen molar-refractivity contribution in [1.29, 1.82) is 0 Å². The molecule has 2 aromatic rings. The van der Waals surface area contributed by atoms with E-state index in [1.54, 1.807) is 25.1 Å². The van der Waals surface area contributed by atoms with Crippen molar-refractivity contribution >= 4 is 29.0 Å². The first kappa shape index (κ1) is 17.2. The van der Waals surface area contributed by atoms with Gasteiger partial charge in [-0.15, -0.1) is 0 Å². The number of carbonyl (C=O) groups excluding carboxylic acids is 1. The second kappa shape index (κ2) is 7.92.